The van der Waals surface area contributed by atoms with E-state index in [9.17, 15) is 9.59 Å². The van der Waals surface area contributed by atoms with E-state index in [4.69, 9.17) is 0 Å². The first-order chi connectivity index (χ1) is 11.2. The second-order valence-electron chi connectivity index (χ2n) is 6.21. The summed E-state index contributed by atoms with van der Waals surface area (Å²) < 4.78 is 1.35. The molecule has 0 heterocycles. The molecule has 1 N–H and O–H groups in total. The van der Waals surface area contributed by atoms with E-state index >= 15 is 0 Å². The van der Waals surface area contributed by atoms with Crippen LogP contribution in [0.2, 0.25) is 0 Å². The van der Waals surface area contributed by atoms with Crippen LogP contribution in [0.1, 0.15) is 41.5 Å². The Hall–Kier alpha value is -1.66. The van der Waals surface area contributed by atoms with Crippen molar-refractivity contribution in [3.8, 4) is 0 Å². The van der Waals surface area contributed by atoms with Crippen LogP contribution in [-0.4, -0.2) is 22.4 Å². The van der Waals surface area contributed by atoms with E-state index in [1.54, 1.807) is 36.4 Å². The number of hydrogen-bond acceptors (Lipinski definition) is 2. The lowest BCUT2D eigenvalue weighted by Gasteiger charge is -2.35. The fourth-order valence-electron chi connectivity index (χ4n) is 2.09. The molecule has 0 bridgehead atoms. The molecule has 0 radical (unpaired) electrons. The fourth-order valence-corrected chi connectivity index (χ4v) is 3.00. The van der Waals surface area contributed by atoms with Crippen molar-refractivity contribution in [3.63, 3.8) is 0 Å². The Morgan fingerprint density at radius 3 is 1.79 bits per heavy atom. The molecular formula is C18H18Br2N2O2. The van der Waals surface area contributed by atoms with E-state index in [1.807, 2.05) is 32.9 Å². The Kier molecular flexibility index (Phi) is 5.83. The average molecular weight is 454 g/mol. The molecule has 0 saturated carbocycles. The van der Waals surface area contributed by atoms with Gasteiger partial charge in [0.1, 0.15) is 0 Å². The Bertz CT molecular complexity index is 770. The van der Waals surface area contributed by atoms with E-state index < -0.39 is 5.54 Å². The normalized spacial score (nSPS) is 11.0. The molecule has 0 aliphatic heterocycles. The van der Waals surface area contributed by atoms with Crippen LogP contribution in [0.25, 0.3) is 0 Å². The number of amides is 2. The van der Waals surface area contributed by atoms with Gasteiger partial charge in [-0.05, 0) is 76.9 Å². The van der Waals surface area contributed by atoms with Crippen LogP contribution in [0.5, 0.6) is 0 Å². The molecule has 2 amide bonds. The molecule has 0 aliphatic carbocycles. The number of hydrazine groups is 1. The molecule has 2 rings (SSSR count). The maximum absolute atomic E-state index is 12.9. The lowest BCUT2D eigenvalue weighted by molar-refractivity contribution is 0.0357. The van der Waals surface area contributed by atoms with Crippen molar-refractivity contribution in [3.05, 3.63) is 68.6 Å². The topological polar surface area (TPSA) is 49.4 Å². The van der Waals surface area contributed by atoms with Crippen LogP contribution in [0, 0.1) is 0 Å². The summed E-state index contributed by atoms with van der Waals surface area (Å²) in [7, 11) is 0. The first-order valence-electron chi connectivity index (χ1n) is 7.36. The third-order valence-electron chi connectivity index (χ3n) is 3.31. The third-order valence-corrected chi connectivity index (χ3v) is 4.69. The molecular weight excluding hydrogens is 436 g/mol. The number of nitrogens with zero attached hydrogens (tertiary/aromatic N) is 1. The van der Waals surface area contributed by atoms with Gasteiger partial charge in [0.2, 0.25) is 0 Å². The summed E-state index contributed by atoms with van der Waals surface area (Å²) in [6, 6.07) is 14.2. The maximum atomic E-state index is 12.9. The molecule has 24 heavy (non-hydrogen) atoms. The predicted molar refractivity (Wildman–Crippen MR) is 102 cm³/mol. The zero-order chi connectivity index (χ0) is 17.9. The Morgan fingerprint density at radius 2 is 1.33 bits per heavy atom. The van der Waals surface area contributed by atoms with Gasteiger partial charge >= 0.3 is 0 Å². The van der Waals surface area contributed by atoms with Crippen molar-refractivity contribution in [1.29, 1.82) is 0 Å². The van der Waals surface area contributed by atoms with Crippen LogP contribution in [0.15, 0.2) is 57.5 Å². The van der Waals surface area contributed by atoms with Gasteiger partial charge in [0.25, 0.3) is 11.8 Å². The van der Waals surface area contributed by atoms with E-state index in [0.29, 0.717) is 20.1 Å². The number of hydrogen-bond donors (Lipinski definition) is 1. The number of halogens is 2. The smallest absolute Gasteiger partial charge is 0.267 e. The van der Waals surface area contributed by atoms with Gasteiger partial charge in [0.05, 0.1) is 16.7 Å². The van der Waals surface area contributed by atoms with Crippen LogP contribution in [0.4, 0.5) is 0 Å². The second-order valence-corrected chi connectivity index (χ2v) is 7.92. The van der Waals surface area contributed by atoms with Crippen LogP contribution < -0.4 is 5.43 Å². The van der Waals surface area contributed by atoms with Crippen molar-refractivity contribution >= 4 is 43.7 Å². The van der Waals surface area contributed by atoms with Gasteiger partial charge in [-0.15, -0.1) is 0 Å². The lowest BCUT2D eigenvalue weighted by atomic mass is 10.1. The zero-order valence-corrected chi connectivity index (χ0v) is 16.8. The molecule has 126 valence electrons. The Labute approximate surface area is 158 Å². The van der Waals surface area contributed by atoms with Crippen molar-refractivity contribution in [2.24, 2.45) is 0 Å². The summed E-state index contributed by atoms with van der Waals surface area (Å²) in [6.45, 7) is 5.59. The Morgan fingerprint density at radius 1 is 0.875 bits per heavy atom. The quantitative estimate of drug-likeness (QED) is 0.664. The van der Waals surface area contributed by atoms with Crippen molar-refractivity contribution in [1.82, 2.24) is 10.4 Å². The summed E-state index contributed by atoms with van der Waals surface area (Å²) in [6.07, 6.45) is 0. The van der Waals surface area contributed by atoms with Crippen molar-refractivity contribution < 1.29 is 9.59 Å². The number of rotatable bonds is 2. The second kappa shape index (κ2) is 7.49. The molecule has 0 fully saturated rings. The molecule has 0 atom stereocenters. The summed E-state index contributed by atoms with van der Waals surface area (Å²) in [5.74, 6) is -0.631. The minimum absolute atomic E-state index is 0.282. The molecule has 2 aromatic rings. The van der Waals surface area contributed by atoms with Gasteiger partial charge in [0, 0.05) is 8.95 Å². The SMILES string of the molecule is CC(C)(C)N(NC(=O)c1ccccc1Br)C(=O)c1ccccc1Br. The zero-order valence-electron chi connectivity index (χ0n) is 13.6. The minimum atomic E-state index is -0.594. The number of carbonyl (C=O) groups excluding carboxylic acids is 2. The van der Waals surface area contributed by atoms with Gasteiger partial charge < -0.3 is 0 Å². The number of benzene rings is 2. The predicted octanol–water partition coefficient (Wildman–Crippen LogP) is 4.80. The van der Waals surface area contributed by atoms with E-state index in [-0.39, 0.29) is 11.8 Å². The van der Waals surface area contributed by atoms with E-state index in [2.05, 4.69) is 37.3 Å². The fraction of sp³-hybridized carbons (Fsp3) is 0.222. The first-order valence-corrected chi connectivity index (χ1v) is 8.95. The minimum Gasteiger partial charge on any atom is -0.267 e. The summed E-state index contributed by atoms with van der Waals surface area (Å²) in [5.41, 5.74) is 3.09. The highest BCUT2D eigenvalue weighted by Gasteiger charge is 2.30. The average Bonchev–Trinajstić information content (AvgIpc) is 2.51. The molecule has 4 nitrogen and oxygen atoms in total. The largest absolute Gasteiger partial charge is 0.273 e. The number of nitrogens with one attached hydrogen (secondary N) is 1. The molecule has 0 aromatic heterocycles. The van der Waals surface area contributed by atoms with Crippen molar-refractivity contribution in [2.75, 3.05) is 0 Å². The molecule has 0 saturated heterocycles. The highest BCUT2D eigenvalue weighted by molar-refractivity contribution is 9.10. The van der Waals surface area contributed by atoms with Gasteiger partial charge in [0.15, 0.2) is 0 Å². The summed E-state index contributed by atoms with van der Waals surface area (Å²) in [4.78, 5) is 25.5. The van der Waals surface area contributed by atoms with Gasteiger partial charge in [-0.1, -0.05) is 24.3 Å². The molecule has 0 unspecified atom stereocenters. The van der Waals surface area contributed by atoms with E-state index in [1.165, 1.54) is 5.01 Å². The van der Waals surface area contributed by atoms with Crippen LogP contribution in [0.3, 0.4) is 0 Å². The molecule has 0 aliphatic rings. The molecule has 2 aromatic carbocycles. The molecule has 6 heteroatoms. The summed E-state index contributed by atoms with van der Waals surface area (Å²) in [5, 5.41) is 1.36. The highest BCUT2D eigenvalue weighted by atomic mass is 79.9. The van der Waals surface area contributed by atoms with Crippen LogP contribution in [-0.2, 0) is 0 Å². The highest BCUT2D eigenvalue weighted by Crippen LogP contribution is 2.22. The monoisotopic (exact) mass is 452 g/mol. The van der Waals surface area contributed by atoms with Crippen LogP contribution >= 0.6 is 31.9 Å². The third kappa shape index (κ3) is 4.24. The first kappa shape index (κ1) is 18.7. The maximum Gasteiger partial charge on any atom is 0.273 e. The number of carbonyl (C=O) groups is 2. The molecule has 0 spiro atoms. The summed E-state index contributed by atoms with van der Waals surface area (Å²) >= 11 is 6.75. The van der Waals surface area contributed by atoms with Gasteiger partial charge in [-0.3, -0.25) is 15.0 Å². The van der Waals surface area contributed by atoms with Gasteiger partial charge in [-0.2, -0.15) is 0 Å². The van der Waals surface area contributed by atoms with E-state index in [0.717, 1.165) is 0 Å². The standard InChI is InChI=1S/C18H18Br2N2O2/c1-18(2,3)22(17(24)13-9-5-7-11-15(13)20)21-16(23)12-8-4-6-10-14(12)19/h4-11H,1-3H3,(H,21,23). The van der Waals surface area contributed by atoms with Crippen molar-refractivity contribution in [2.45, 2.75) is 26.3 Å². The lowest BCUT2D eigenvalue weighted by Crippen LogP contribution is -2.56. The Balaban J connectivity index is 2.34. The van der Waals surface area contributed by atoms with Gasteiger partial charge in [-0.25, -0.2) is 5.01 Å².